The van der Waals surface area contributed by atoms with Crippen LogP contribution in [-0.2, 0) is 16.1 Å². The van der Waals surface area contributed by atoms with Crippen molar-refractivity contribution in [3.05, 3.63) is 17.4 Å². The maximum absolute atomic E-state index is 12.1. The van der Waals surface area contributed by atoms with Gasteiger partial charge in [-0.15, -0.1) is 4.31 Å². The molecule has 0 spiro atoms. The molecule has 1 aromatic heterocycles. The number of hydrogen-bond donors (Lipinski definition) is 0. The number of piperidine rings is 2. The summed E-state index contributed by atoms with van der Waals surface area (Å²) < 4.78 is 20.7. The Kier molecular flexibility index (Phi) is 9.19. The third-order valence-electron chi connectivity index (χ3n) is 7.97. The second-order valence-corrected chi connectivity index (χ2v) is 12.6. The molecule has 0 amide bonds. The second-order valence-electron chi connectivity index (χ2n) is 10.4. The molecule has 0 bridgehead atoms. The summed E-state index contributed by atoms with van der Waals surface area (Å²) in [7, 11) is 0. The molecule has 3 fully saturated rings. The number of anilines is 1. The van der Waals surface area contributed by atoms with Crippen molar-refractivity contribution in [1.82, 2.24) is 14.3 Å². The van der Waals surface area contributed by atoms with E-state index in [1.54, 1.807) is 12.4 Å². The van der Waals surface area contributed by atoms with Crippen LogP contribution in [0.1, 0.15) is 59.3 Å². The standard InChI is InChI=1S/C25H41ClN4O2S/c1-4-33(31)30-12-7-20(8-13-30)24(18(2)3)32-14-9-21-15-23(21)19-5-10-29(11-6-19)25-27-16-22(26)17-28-25/h16-21,23-24H,4-15H2,1-3H3. The minimum atomic E-state index is -0.799. The fraction of sp³-hybridized carbons (Fsp3) is 0.840. The van der Waals surface area contributed by atoms with Gasteiger partial charge in [0, 0.05) is 44.1 Å². The van der Waals surface area contributed by atoms with Gasteiger partial charge in [0.25, 0.3) is 0 Å². The maximum Gasteiger partial charge on any atom is 0.225 e. The van der Waals surface area contributed by atoms with Gasteiger partial charge in [-0.25, -0.2) is 9.97 Å². The van der Waals surface area contributed by atoms with Crippen molar-refractivity contribution in [2.45, 2.75) is 65.4 Å². The Morgan fingerprint density at radius 3 is 2.39 bits per heavy atom. The average molecular weight is 497 g/mol. The maximum atomic E-state index is 12.1. The highest BCUT2D eigenvalue weighted by Gasteiger charge is 2.43. The largest absolute Gasteiger partial charge is 0.598 e. The summed E-state index contributed by atoms with van der Waals surface area (Å²) in [6, 6.07) is 0. The van der Waals surface area contributed by atoms with E-state index >= 15 is 0 Å². The summed E-state index contributed by atoms with van der Waals surface area (Å²) in [6.45, 7) is 11.5. The number of nitrogens with zero attached hydrogens (tertiary/aromatic N) is 4. The van der Waals surface area contributed by atoms with E-state index in [-0.39, 0.29) is 0 Å². The summed E-state index contributed by atoms with van der Waals surface area (Å²) in [5.74, 6) is 5.23. The number of aromatic nitrogens is 2. The molecule has 1 saturated carbocycles. The number of rotatable bonds is 10. The molecule has 1 aliphatic carbocycles. The summed E-state index contributed by atoms with van der Waals surface area (Å²) in [5, 5.41) is 0.592. The molecule has 0 aromatic carbocycles. The molecule has 2 aliphatic heterocycles. The van der Waals surface area contributed by atoms with E-state index in [1.807, 2.05) is 6.92 Å². The van der Waals surface area contributed by atoms with Crippen molar-refractivity contribution in [2.75, 3.05) is 43.4 Å². The molecule has 0 radical (unpaired) electrons. The lowest BCUT2D eigenvalue weighted by Gasteiger charge is -2.37. The average Bonchev–Trinajstić information content (AvgIpc) is 3.61. The fourth-order valence-corrected chi connectivity index (χ4v) is 7.08. The van der Waals surface area contributed by atoms with Crippen LogP contribution < -0.4 is 4.90 Å². The van der Waals surface area contributed by atoms with Gasteiger partial charge in [-0.05, 0) is 75.0 Å². The molecule has 8 heteroatoms. The fourth-order valence-electron chi connectivity index (χ4n) is 6.00. The predicted molar refractivity (Wildman–Crippen MR) is 136 cm³/mol. The van der Waals surface area contributed by atoms with Crippen LogP contribution in [0.2, 0.25) is 5.02 Å². The van der Waals surface area contributed by atoms with Crippen LogP contribution >= 0.6 is 11.6 Å². The molecular formula is C25H41ClN4O2S. The molecule has 2 saturated heterocycles. The van der Waals surface area contributed by atoms with Crippen molar-refractivity contribution in [1.29, 1.82) is 0 Å². The van der Waals surface area contributed by atoms with E-state index in [1.165, 1.54) is 25.7 Å². The van der Waals surface area contributed by atoms with Gasteiger partial charge in [-0.1, -0.05) is 25.4 Å². The monoisotopic (exact) mass is 496 g/mol. The Hall–Kier alpha value is -0.600. The normalized spacial score (nSPS) is 27.2. The van der Waals surface area contributed by atoms with Crippen molar-refractivity contribution in [3.8, 4) is 0 Å². The zero-order valence-corrected chi connectivity index (χ0v) is 22.1. The Bertz CT molecular complexity index is 724. The summed E-state index contributed by atoms with van der Waals surface area (Å²) in [5.41, 5.74) is 0. The highest BCUT2D eigenvalue weighted by molar-refractivity contribution is 7.89. The lowest BCUT2D eigenvalue weighted by molar-refractivity contribution is -0.0333. The first kappa shape index (κ1) is 25.5. The molecule has 0 N–H and O–H groups in total. The zero-order valence-electron chi connectivity index (χ0n) is 20.5. The van der Waals surface area contributed by atoms with E-state index in [2.05, 4.69) is 33.0 Å². The number of hydrogen-bond acceptors (Lipinski definition) is 6. The van der Waals surface area contributed by atoms with E-state index < -0.39 is 11.4 Å². The first-order valence-corrected chi connectivity index (χ1v) is 14.6. The van der Waals surface area contributed by atoms with Crippen LogP contribution in [0.3, 0.4) is 0 Å². The first-order valence-electron chi connectivity index (χ1n) is 12.9. The molecule has 1 aromatic rings. The van der Waals surface area contributed by atoms with Gasteiger partial charge in [0.05, 0.1) is 23.5 Å². The lowest BCUT2D eigenvalue weighted by atomic mass is 9.86. The van der Waals surface area contributed by atoms with Crippen molar-refractivity contribution in [3.63, 3.8) is 0 Å². The van der Waals surface area contributed by atoms with Crippen LogP contribution in [-0.4, -0.2) is 63.5 Å². The Morgan fingerprint density at radius 2 is 1.79 bits per heavy atom. The van der Waals surface area contributed by atoms with E-state index in [0.29, 0.717) is 23.0 Å². The van der Waals surface area contributed by atoms with Crippen LogP contribution in [0.4, 0.5) is 5.95 Å². The molecule has 3 aliphatic rings. The molecule has 33 heavy (non-hydrogen) atoms. The summed E-state index contributed by atoms with van der Waals surface area (Å²) in [6.07, 6.45) is 11.0. The van der Waals surface area contributed by atoms with Gasteiger partial charge < -0.3 is 14.2 Å². The Morgan fingerprint density at radius 1 is 1.12 bits per heavy atom. The van der Waals surface area contributed by atoms with Gasteiger partial charge in [0.2, 0.25) is 5.95 Å². The third-order valence-corrected chi connectivity index (χ3v) is 9.60. The first-order chi connectivity index (χ1) is 16.0. The van der Waals surface area contributed by atoms with E-state index in [4.69, 9.17) is 16.3 Å². The Labute approximate surface area is 208 Å². The zero-order chi connectivity index (χ0) is 23.4. The molecule has 186 valence electrons. The lowest BCUT2D eigenvalue weighted by Crippen LogP contribution is -2.43. The minimum absolute atomic E-state index is 0.335. The van der Waals surface area contributed by atoms with Crippen LogP contribution in [0.25, 0.3) is 0 Å². The molecular weight excluding hydrogens is 456 g/mol. The smallest absolute Gasteiger partial charge is 0.225 e. The van der Waals surface area contributed by atoms with Crippen LogP contribution in [0, 0.1) is 29.6 Å². The quantitative estimate of drug-likeness (QED) is 0.433. The molecule has 3 heterocycles. The van der Waals surface area contributed by atoms with Crippen LogP contribution in [0.15, 0.2) is 12.4 Å². The summed E-state index contributed by atoms with van der Waals surface area (Å²) >= 11 is 5.12. The van der Waals surface area contributed by atoms with Gasteiger partial charge in [0.15, 0.2) is 0 Å². The molecule has 4 atom stereocenters. The topological polar surface area (TPSA) is 64.6 Å². The SMILES string of the molecule is CC[S+]([O-])N1CCC(C(OCCC2CC2C2CCN(c3ncc(Cl)cn3)CC2)C(C)C)CC1. The van der Waals surface area contributed by atoms with Crippen LogP contribution in [0.5, 0.6) is 0 Å². The van der Waals surface area contributed by atoms with E-state index in [9.17, 15) is 4.55 Å². The van der Waals surface area contributed by atoms with Gasteiger partial charge in [-0.2, -0.15) is 0 Å². The predicted octanol–water partition coefficient (Wildman–Crippen LogP) is 4.81. The molecule has 6 nitrogen and oxygen atoms in total. The van der Waals surface area contributed by atoms with Gasteiger partial charge in [0.1, 0.15) is 5.75 Å². The van der Waals surface area contributed by atoms with Gasteiger partial charge >= 0.3 is 0 Å². The molecule has 4 unspecified atom stereocenters. The van der Waals surface area contributed by atoms with Crippen molar-refractivity contribution in [2.24, 2.45) is 29.6 Å². The summed E-state index contributed by atoms with van der Waals surface area (Å²) in [4.78, 5) is 11.0. The van der Waals surface area contributed by atoms with E-state index in [0.717, 1.165) is 75.1 Å². The van der Waals surface area contributed by atoms with Crippen molar-refractivity contribution >= 4 is 28.9 Å². The number of halogens is 1. The molecule has 4 rings (SSSR count). The highest BCUT2D eigenvalue weighted by atomic mass is 35.5. The van der Waals surface area contributed by atoms with Gasteiger partial charge in [-0.3, -0.25) is 0 Å². The minimum Gasteiger partial charge on any atom is -0.598 e. The Balaban J connectivity index is 1.15. The number of ether oxygens (including phenoxy) is 1. The second kappa shape index (κ2) is 11.9. The third kappa shape index (κ3) is 6.75. The van der Waals surface area contributed by atoms with Crippen molar-refractivity contribution < 1.29 is 9.29 Å². The highest BCUT2D eigenvalue weighted by Crippen LogP contribution is 2.50.